The van der Waals surface area contributed by atoms with Crippen LogP contribution < -0.4 is 9.30 Å². The molecular formula is C82H66N4OPt-2. The van der Waals surface area contributed by atoms with E-state index in [0.29, 0.717) is 16.9 Å². The van der Waals surface area contributed by atoms with Crippen LogP contribution in [-0.4, -0.2) is 14.1 Å². The van der Waals surface area contributed by atoms with Crippen LogP contribution in [0.25, 0.3) is 117 Å². The molecule has 0 bridgehead atoms. The van der Waals surface area contributed by atoms with E-state index in [0.717, 1.165) is 27.4 Å². The number of rotatable bonds is 11. The fourth-order valence-corrected chi connectivity index (χ4v) is 11.0. The molecule has 0 amide bonds. The third kappa shape index (κ3) is 10.9. The summed E-state index contributed by atoms with van der Waals surface area (Å²) in [6.45, 7) is 6.40. The molecule has 0 unspecified atom stereocenters. The summed E-state index contributed by atoms with van der Waals surface area (Å²) in [5.41, 5.74) is -2.06. The van der Waals surface area contributed by atoms with Crippen LogP contribution in [-0.2, 0) is 31.9 Å². The van der Waals surface area contributed by atoms with Gasteiger partial charge in [-0.25, -0.2) is 4.98 Å². The van der Waals surface area contributed by atoms with Crippen molar-refractivity contribution in [3.05, 3.63) is 295 Å². The van der Waals surface area contributed by atoms with E-state index in [-0.39, 0.29) is 99.3 Å². The Morgan fingerprint density at radius 2 is 1.09 bits per heavy atom. The Bertz CT molecular complexity index is 6090. The molecule has 0 atom stereocenters. The molecule has 0 saturated heterocycles. The van der Waals surface area contributed by atoms with Crippen LogP contribution in [0, 0.1) is 32.2 Å². The molecule has 3 heterocycles. The fraction of sp³-hybridized carbons (Fsp3) is 0.122. The van der Waals surface area contributed by atoms with Crippen molar-refractivity contribution in [1.29, 1.82) is 0 Å². The first-order valence-electron chi connectivity index (χ1n) is 40.0. The minimum Gasteiger partial charge on any atom is -0.510 e. The maximum Gasteiger partial charge on any atom is 0.268 e. The van der Waals surface area contributed by atoms with Gasteiger partial charge >= 0.3 is 0 Å². The number of ether oxygens (including phenoxy) is 1. The first-order chi connectivity index (χ1) is 52.1. The number of para-hydroxylation sites is 1. The summed E-state index contributed by atoms with van der Waals surface area (Å²) in [4.78, 5) is 4.84. The number of benzene rings is 11. The fourth-order valence-electron chi connectivity index (χ4n) is 11.0. The summed E-state index contributed by atoms with van der Waals surface area (Å²) in [5.74, 6) is 1.00. The van der Waals surface area contributed by atoms with Gasteiger partial charge in [0.1, 0.15) is 5.82 Å². The zero-order chi connectivity index (χ0) is 80.2. The van der Waals surface area contributed by atoms with Gasteiger partial charge in [-0.2, -0.15) is 18.2 Å². The molecule has 0 fully saturated rings. The first kappa shape index (κ1) is 35.8. The van der Waals surface area contributed by atoms with Crippen molar-refractivity contribution in [3.8, 4) is 95.5 Å². The summed E-state index contributed by atoms with van der Waals surface area (Å²) in [6.07, 6.45) is 5.25. The van der Waals surface area contributed by atoms with Crippen LogP contribution in [0.15, 0.2) is 254 Å². The normalized spacial score (nSPS) is 15.9. The third-order valence-electron chi connectivity index (χ3n) is 15.3. The number of pyridine rings is 1. The Morgan fingerprint density at radius 3 is 1.76 bits per heavy atom. The average Bonchev–Trinajstić information content (AvgIpc) is 0.951. The summed E-state index contributed by atoms with van der Waals surface area (Å²) in [5, 5.41) is 1.77. The Balaban J connectivity index is 0.0000110. The van der Waals surface area contributed by atoms with Gasteiger partial charge in [0, 0.05) is 52.5 Å². The first-order valence-corrected chi connectivity index (χ1v) is 28.0. The Kier molecular flexibility index (Phi) is 9.45. The average molecular weight is 1340 g/mol. The third-order valence-corrected chi connectivity index (χ3v) is 15.3. The molecule has 0 aliphatic carbocycles. The van der Waals surface area contributed by atoms with E-state index in [2.05, 4.69) is 39.2 Å². The molecule has 0 aliphatic rings. The Morgan fingerprint density at radius 1 is 0.489 bits per heavy atom. The van der Waals surface area contributed by atoms with Crippen molar-refractivity contribution in [2.75, 3.05) is 0 Å². The van der Waals surface area contributed by atoms with Crippen LogP contribution >= 0.6 is 0 Å². The second kappa shape index (κ2) is 23.2. The second-order valence-electron chi connectivity index (χ2n) is 23.0. The molecule has 432 valence electrons. The van der Waals surface area contributed by atoms with Gasteiger partial charge in [-0.1, -0.05) is 210 Å². The van der Waals surface area contributed by atoms with Gasteiger partial charge in [-0.3, -0.25) is 4.57 Å². The van der Waals surface area contributed by atoms with Crippen molar-refractivity contribution in [2.24, 2.45) is 0 Å². The van der Waals surface area contributed by atoms with Gasteiger partial charge in [0.25, 0.3) is 6.33 Å². The van der Waals surface area contributed by atoms with Gasteiger partial charge in [0.15, 0.2) is 0 Å². The van der Waals surface area contributed by atoms with E-state index >= 15 is 0 Å². The number of hydrogen-bond acceptors (Lipinski definition) is 2. The van der Waals surface area contributed by atoms with Gasteiger partial charge in [0.2, 0.25) is 0 Å². The molecule has 5 nitrogen and oxygen atoms in total. The quantitative estimate of drug-likeness (QED) is 0.0956. The van der Waals surface area contributed by atoms with Crippen molar-refractivity contribution in [2.45, 2.75) is 66.1 Å². The number of nitrogens with zero attached hydrogens (tertiary/aromatic N) is 4. The van der Waals surface area contributed by atoms with Crippen LogP contribution in [0.3, 0.4) is 0 Å². The molecule has 6 heteroatoms. The molecule has 14 rings (SSSR count). The molecule has 0 saturated carbocycles. The van der Waals surface area contributed by atoms with Gasteiger partial charge in [-0.05, 0) is 179 Å². The van der Waals surface area contributed by atoms with E-state index in [9.17, 15) is 12.3 Å². The SMILES string of the molecule is [2H]c1c([2H])c([2H])c(-c2cc(-c3cccc(C(C)(C)C)c3)c(-[n+]3[c-]n(-c4[c-]c(Oc5[c-]c6c(cc5)c5ccccc5n6-c5cc(C(C)(C)C)ccn5)ccc4)c4cc(-c5c(C([2H])([2H])[2H])cccc5C([2H])([2H])[2H])ccc43)c(-c3c([2H])c(-c4c([2H])c([2H])c([2H])c([2H])c4[2H])c([2H])c(-c4c([2H])c([2H])c([2H])c([2H])c4[2H])c3[2H])c2)c([2H])c1[2H].[Pt]. The largest absolute Gasteiger partial charge is 0.510 e. The molecule has 0 spiro atoms. The topological polar surface area (TPSA) is 35.9 Å². The van der Waals surface area contributed by atoms with Crippen LogP contribution in [0.5, 0.6) is 11.5 Å². The Hall–Kier alpha value is -9.67. The summed E-state index contributed by atoms with van der Waals surface area (Å²) >= 11 is 0. The predicted octanol–water partition coefficient (Wildman–Crippen LogP) is 20.8. The molecule has 11 aromatic carbocycles. The van der Waals surface area contributed by atoms with Gasteiger partial charge in [0.05, 0.1) is 41.4 Å². The van der Waals surface area contributed by atoms with Gasteiger partial charge < -0.3 is 13.9 Å². The Labute approximate surface area is 564 Å². The monoisotopic (exact) mass is 1340 g/mol. The number of aryl methyl sites for hydroxylation is 2. The van der Waals surface area contributed by atoms with Crippen molar-refractivity contribution in [1.82, 2.24) is 14.1 Å². The summed E-state index contributed by atoms with van der Waals surface area (Å²) in [7, 11) is 0. The molecular weight excluding hydrogens is 1250 g/mol. The molecule has 14 aromatic rings. The van der Waals surface area contributed by atoms with Crippen LogP contribution in [0.1, 0.15) is 96.7 Å². The minimum absolute atomic E-state index is 0. The molecule has 0 radical (unpaired) electrons. The van der Waals surface area contributed by atoms with E-state index < -0.39 is 161 Å². The van der Waals surface area contributed by atoms with Crippen LogP contribution in [0.2, 0.25) is 0 Å². The second-order valence-corrected chi connectivity index (χ2v) is 23.0. The maximum atomic E-state index is 10.6. The standard InChI is InChI=1S/C82H66N4O.Pt/c1-54-23-20-24-55(2)79(54)60-37-40-75-77(49-60)84(67-33-22-34-68(51-67)87-69-38-39-71-70-35-18-19-36-74(70)86(76(71)52-69)78-50-66(41-42-83-78)82(6,7)8)53-85(75)80-72(59-31-21-32-65(46-59)81(3,4)5)47-63(58-29-16-11-17-30-58)48-73(80)64-44-61(56-25-12-9-13-26-56)43-62(45-64)57-27-14-10-15-28-57;/h9-50H,1-8H3;/q-2;/i1D3,2D3,9D,10D,11D,12D,13D,14D,15D,16D,17D,25D,26D,27D,28D,29D,30D,43D,44D,45D;. The van der Waals surface area contributed by atoms with Crippen molar-refractivity contribution in [3.63, 3.8) is 0 Å². The van der Waals surface area contributed by atoms with Crippen LogP contribution in [0.4, 0.5) is 0 Å². The van der Waals surface area contributed by atoms with E-state index in [1.165, 1.54) is 45.5 Å². The van der Waals surface area contributed by atoms with Gasteiger partial charge in [-0.15, -0.1) is 29.7 Å². The van der Waals surface area contributed by atoms with Crippen molar-refractivity contribution >= 4 is 32.8 Å². The number of imidazole rings is 1. The molecule has 0 aliphatic heterocycles. The number of aromatic nitrogens is 4. The van der Waals surface area contributed by atoms with Crippen molar-refractivity contribution < 1.29 is 63.3 Å². The molecule has 88 heavy (non-hydrogen) atoms. The summed E-state index contributed by atoms with van der Waals surface area (Å²) < 4.78 is 232. The van der Waals surface area contributed by atoms with E-state index in [4.69, 9.17) is 30.3 Å². The maximum absolute atomic E-state index is 10.6. The van der Waals surface area contributed by atoms with E-state index in [1.54, 1.807) is 54.7 Å². The van der Waals surface area contributed by atoms with E-state index in [1.807, 2.05) is 79.9 Å². The number of hydrogen-bond donors (Lipinski definition) is 0. The zero-order valence-electron chi connectivity index (χ0n) is 72.4. The zero-order valence-corrected chi connectivity index (χ0v) is 50.6. The number of fused-ring (bicyclic) bond motifs is 4. The predicted molar refractivity (Wildman–Crippen MR) is 359 cm³/mol. The summed E-state index contributed by atoms with van der Waals surface area (Å²) in [6, 6.07) is 30.3. The molecule has 0 N–H and O–H groups in total. The minimum atomic E-state index is -2.90. The molecule has 3 aromatic heterocycles. The smallest absolute Gasteiger partial charge is 0.268 e.